The van der Waals surface area contributed by atoms with Gasteiger partial charge in [0.15, 0.2) is 0 Å². The first-order chi connectivity index (χ1) is 8.66. The topological polar surface area (TPSA) is 115 Å². The van der Waals surface area contributed by atoms with Crippen LogP contribution in [-0.4, -0.2) is 85.6 Å². The molecule has 0 aliphatic heterocycles. The smallest absolute Gasteiger partial charge is 0.852 e. The molecule has 0 aromatic rings. The van der Waals surface area contributed by atoms with Crippen LogP contribution in [0.25, 0.3) is 0 Å². The molecule has 0 radical (unpaired) electrons. The predicted molar refractivity (Wildman–Crippen MR) is 87.2 cm³/mol. The van der Waals surface area contributed by atoms with Crippen molar-refractivity contribution in [1.29, 1.82) is 0 Å². The molecule has 7 heteroatoms. The van der Waals surface area contributed by atoms with Crippen molar-refractivity contribution in [2.45, 2.75) is 99.8 Å². The Morgan fingerprint density at radius 1 is 0.364 bits per heavy atom. The first-order valence-electron chi connectivity index (χ1n) is 6.95. The van der Waals surface area contributed by atoms with Crippen LogP contribution in [0.2, 0.25) is 0 Å². The second-order valence-electron chi connectivity index (χ2n) is 5.24. The van der Waals surface area contributed by atoms with Crippen molar-refractivity contribution in [1.82, 2.24) is 0 Å². The fourth-order valence-electron chi connectivity index (χ4n) is 0. The van der Waals surface area contributed by atoms with Gasteiger partial charge >= 0.3 is 55.1 Å². The Kier molecular flexibility index (Phi) is 76.1. The summed E-state index contributed by atoms with van der Waals surface area (Å²) in [6.07, 6.45) is -2.08. The molecule has 22 heavy (non-hydrogen) atoms. The quantitative estimate of drug-likeness (QED) is 0.463. The van der Waals surface area contributed by atoms with Crippen molar-refractivity contribution in [3.8, 4) is 0 Å². The summed E-state index contributed by atoms with van der Waals surface area (Å²) < 4.78 is 0. The van der Waals surface area contributed by atoms with Crippen LogP contribution in [0.4, 0.5) is 0 Å². The molecule has 0 atom stereocenters. The third-order valence-electron chi connectivity index (χ3n) is 0. The molecular formula is C15H35AlCaO5. The maximum atomic E-state index is 9.53. The van der Waals surface area contributed by atoms with Crippen molar-refractivity contribution < 1.29 is 25.5 Å². The molecule has 0 saturated carbocycles. The minimum Gasteiger partial charge on any atom is -0.852 e. The number of hydrogen-bond donors (Lipinski definition) is 0. The Morgan fingerprint density at radius 3 is 0.364 bits per heavy atom. The Hall–Kier alpha value is 1.59. The summed E-state index contributed by atoms with van der Waals surface area (Å²) in [6, 6.07) is 0. The van der Waals surface area contributed by atoms with Crippen molar-refractivity contribution in [2.75, 3.05) is 0 Å². The fraction of sp³-hybridized carbons (Fsp3) is 1.00. The fourth-order valence-corrected chi connectivity index (χ4v) is 0. The van der Waals surface area contributed by atoms with E-state index in [4.69, 9.17) is 0 Å². The normalized spacial score (nSPS) is 8.18. The van der Waals surface area contributed by atoms with Gasteiger partial charge in [-0.15, -0.1) is 30.5 Å². The third kappa shape index (κ3) is 3610. The van der Waals surface area contributed by atoms with Gasteiger partial charge in [-0.1, -0.05) is 69.2 Å². The zero-order valence-corrected chi connectivity index (χ0v) is 19.6. The molecule has 0 bridgehead atoms. The van der Waals surface area contributed by atoms with Gasteiger partial charge in [0.25, 0.3) is 0 Å². The van der Waals surface area contributed by atoms with Crippen LogP contribution in [0.1, 0.15) is 69.2 Å². The van der Waals surface area contributed by atoms with Gasteiger partial charge in [0.05, 0.1) is 0 Å². The molecule has 5 nitrogen and oxygen atoms in total. The van der Waals surface area contributed by atoms with Gasteiger partial charge in [-0.05, 0) is 0 Å². The van der Waals surface area contributed by atoms with E-state index in [2.05, 4.69) is 0 Å². The molecule has 0 aliphatic carbocycles. The van der Waals surface area contributed by atoms with Crippen LogP contribution in [0.3, 0.4) is 0 Å². The van der Waals surface area contributed by atoms with Gasteiger partial charge in [-0.2, -0.15) is 0 Å². The second-order valence-corrected chi connectivity index (χ2v) is 5.24. The first-order valence-corrected chi connectivity index (χ1v) is 6.95. The molecule has 0 aliphatic rings. The maximum Gasteiger partial charge on any atom is 3.00 e. The van der Waals surface area contributed by atoms with Crippen LogP contribution < -0.4 is 25.5 Å². The molecule has 0 aromatic carbocycles. The Bertz CT molecular complexity index is 86.5. The van der Waals surface area contributed by atoms with Gasteiger partial charge in [0.2, 0.25) is 0 Å². The minimum atomic E-state index is -0.417. The van der Waals surface area contributed by atoms with Gasteiger partial charge in [-0.25, -0.2) is 0 Å². The molecule has 0 heterocycles. The zero-order valence-electron chi connectivity index (χ0n) is 16.2. The maximum absolute atomic E-state index is 9.53. The average Bonchev–Trinajstić information content (AvgIpc) is 1.94. The zero-order chi connectivity index (χ0) is 17.9. The Morgan fingerprint density at radius 2 is 0.364 bits per heavy atom. The van der Waals surface area contributed by atoms with E-state index in [1.807, 2.05) is 0 Å². The molecular weight excluding hydrogens is 327 g/mol. The number of rotatable bonds is 0. The first kappa shape index (κ1) is 43.7. The van der Waals surface area contributed by atoms with Crippen molar-refractivity contribution in [3.63, 3.8) is 0 Å². The van der Waals surface area contributed by atoms with Crippen molar-refractivity contribution in [2.24, 2.45) is 0 Å². The molecule has 130 valence electrons. The average molecular weight is 362 g/mol. The summed E-state index contributed by atoms with van der Waals surface area (Å²) in [7, 11) is 0. The predicted octanol–water partition coefficient (Wildman–Crippen LogP) is -1.99. The molecule has 0 N–H and O–H groups in total. The molecule has 0 aromatic heterocycles. The van der Waals surface area contributed by atoms with Crippen LogP contribution in [0, 0.1) is 0 Å². The Labute approximate surface area is 179 Å². The standard InChI is InChI=1S/5C3H7O.Al.Ca/c5*1-3(2)4;;/h5*3H,1-2H3;;/q5*-1;+3;+2. The van der Waals surface area contributed by atoms with Gasteiger partial charge in [0.1, 0.15) is 0 Å². The largest absolute Gasteiger partial charge is 3.00 e. The minimum absolute atomic E-state index is 0. The van der Waals surface area contributed by atoms with Crippen LogP contribution in [0.15, 0.2) is 0 Å². The molecule has 0 fully saturated rings. The van der Waals surface area contributed by atoms with E-state index in [0.717, 1.165) is 0 Å². The summed E-state index contributed by atoms with van der Waals surface area (Å²) >= 11 is 0. The SMILES string of the molecule is CC(C)[O-].CC(C)[O-].CC(C)[O-].CC(C)[O-].CC(C)[O-].[Al+3].[Ca+2]. The van der Waals surface area contributed by atoms with Crippen LogP contribution >= 0.6 is 0 Å². The van der Waals surface area contributed by atoms with Crippen molar-refractivity contribution in [3.05, 3.63) is 0 Å². The summed E-state index contributed by atoms with van der Waals surface area (Å²) in [6.45, 7) is 16.1. The van der Waals surface area contributed by atoms with E-state index in [-0.39, 0.29) is 55.1 Å². The summed E-state index contributed by atoms with van der Waals surface area (Å²) in [5.41, 5.74) is 0. The van der Waals surface area contributed by atoms with Gasteiger partial charge < -0.3 is 25.5 Å². The molecule has 0 unspecified atom stereocenters. The van der Waals surface area contributed by atoms with E-state index in [1.54, 1.807) is 69.2 Å². The Balaban J connectivity index is -0.0000000250. The van der Waals surface area contributed by atoms with Gasteiger partial charge in [-0.3, -0.25) is 0 Å². The molecule has 0 saturated heterocycles. The van der Waals surface area contributed by atoms with E-state index in [1.165, 1.54) is 0 Å². The monoisotopic (exact) mass is 362 g/mol. The van der Waals surface area contributed by atoms with Crippen LogP contribution in [-0.2, 0) is 0 Å². The molecule has 0 rings (SSSR count). The third-order valence-corrected chi connectivity index (χ3v) is 0. The second kappa shape index (κ2) is 38.3. The summed E-state index contributed by atoms with van der Waals surface area (Å²) in [4.78, 5) is 0. The van der Waals surface area contributed by atoms with E-state index in [0.29, 0.717) is 0 Å². The summed E-state index contributed by atoms with van der Waals surface area (Å²) in [5.74, 6) is 0. The van der Waals surface area contributed by atoms with E-state index in [9.17, 15) is 25.5 Å². The number of hydrogen-bond acceptors (Lipinski definition) is 5. The van der Waals surface area contributed by atoms with Crippen LogP contribution in [0.5, 0.6) is 0 Å². The van der Waals surface area contributed by atoms with Crippen molar-refractivity contribution >= 4 is 55.1 Å². The molecule has 0 amide bonds. The van der Waals surface area contributed by atoms with E-state index >= 15 is 0 Å². The summed E-state index contributed by atoms with van der Waals surface area (Å²) in [5, 5.41) is 47.6. The van der Waals surface area contributed by atoms with E-state index < -0.39 is 30.5 Å². The molecule has 0 spiro atoms. The van der Waals surface area contributed by atoms with Gasteiger partial charge in [0, 0.05) is 0 Å².